The molecule has 0 saturated carbocycles. The number of fused-ring (bicyclic) bond motifs is 2. The Morgan fingerprint density at radius 1 is 1.48 bits per heavy atom. The normalized spacial score (nSPS) is 23.9. The molecule has 5 nitrogen and oxygen atoms in total. The number of carbonyl (C=O) groups is 1. The van der Waals surface area contributed by atoms with Crippen LogP contribution in [0.25, 0.3) is 10.9 Å². The Labute approximate surface area is 147 Å². The number of aliphatic hydroxyl groups is 1. The fourth-order valence-corrected chi connectivity index (χ4v) is 4.27. The highest BCUT2D eigenvalue weighted by molar-refractivity contribution is 5.95. The summed E-state index contributed by atoms with van der Waals surface area (Å²) in [4.78, 5) is 18.3. The molecule has 3 N–H and O–H groups in total. The molecule has 0 bridgehead atoms. The number of hydrogen-bond acceptors (Lipinski definition) is 3. The summed E-state index contributed by atoms with van der Waals surface area (Å²) in [6, 6.07) is 6.58. The van der Waals surface area contributed by atoms with Gasteiger partial charge in [-0.3, -0.25) is 9.69 Å². The number of rotatable bonds is 4. The molecule has 0 fully saturated rings. The fraction of sp³-hybridized carbons (Fsp3) is 0.450. The quantitative estimate of drug-likeness (QED) is 0.797. The molecule has 25 heavy (non-hydrogen) atoms. The van der Waals surface area contributed by atoms with Crippen LogP contribution in [-0.4, -0.2) is 53.2 Å². The topological polar surface area (TPSA) is 68.4 Å². The molecule has 1 aromatic heterocycles. The van der Waals surface area contributed by atoms with Crippen molar-refractivity contribution in [1.82, 2.24) is 15.2 Å². The molecule has 5 heteroatoms. The van der Waals surface area contributed by atoms with Crippen LogP contribution in [-0.2, 0) is 11.2 Å². The van der Waals surface area contributed by atoms with E-state index in [1.165, 1.54) is 22.0 Å². The second kappa shape index (κ2) is 6.32. The Morgan fingerprint density at radius 2 is 2.32 bits per heavy atom. The fourth-order valence-electron chi connectivity index (χ4n) is 4.27. The number of benzene rings is 1. The summed E-state index contributed by atoms with van der Waals surface area (Å²) in [5, 5.41) is 13.6. The lowest BCUT2D eigenvalue weighted by atomic mass is 9.76. The second-order valence-electron chi connectivity index (χ2n) is 7.25. The van der Waals surface area contributed by atoms with Crippen molar-refractivity contribution in [3.63, 3.8) is 0 Å². The van der Waals surface area contributed by atoms with Crippen LogP contribution in [0.2, 0.25) is 0 Å². The van der Waals surface area contributed by atoms with Gasteiger partial charge in [-0.25, -0.2) is 0 Å². The van der Waals surface area contributed by atoms with E-state index in [1.807, 2.05) is 6.92 Å². The highest BCUT2D eigenvalue weighted by atomic mass is 16.3. The van der Waals surface area contributed by atoms with Crippen LogP contribution in [0.1, 0.15) is 30.4 Å². The summed E-state index contributed by atoms with van der Waals surface area (Å²) in [5.41, 5.74) is 4.64. The zero-order valence-corrected chi connectivity index (χ0v) is 14.7. The van der Waals surface area contributed by atoms with Crippen LogP contribution in [0, 0.1) is 0 Å². The molecule has 2 heterocycles. The molecular formula is C20H25N3O2. The van der Waals surface area contributed by atoms with Crippen LogP contribution < -0.4 is 5.32 Å². The van der Waals surface area contributed by atoms with Crippen molar-refractivity contribution in [3.05, 3.63) is 47.2 Å². The largest absolute Gasteiger partial charge is 0.394 e. The molecule has 0 spiro atoms. The van der Waals surface area contributed by atoms with Gasteiger partial charge in [0.1, 0.15) is 0 Å². The van der Waals surface area contributed by atoms with Gasteiger partial charge in [-0.1, -0.05) is 25.1 Å². The Balaban J connectivity index is 1.71. The standard InChI is InChI=1S/C20H25N3O2/c1-3-14(11-24)22-20(25)13-7-16-15-5-4-6-17-19(15)12(9-21-17)8-18(16)23(2)10-13/h4-7,9,14,16,18,21,24H,3,8,10-11H2,1-2H3,(H,22,25). The van der Waals surface area contributed by atoms with Crippen LogP contribution in [0.4, 0.5) is 0 Å². The summed E-state index contributed by atoms with van der Waals surface area (Å²) in [6.45, 7) is 2.59. The van der Waals surface area contributed by atoms with Crippen molar-refractivity contribution in [2.45, 2.75) is 37.8 Å². The number of carbonyl (C=O) groups excluding carboxylic acids is 1. The van der Waals surface area contributed by atoms with Crippen LogP contribution in [0.15, 0.2) is 36.0 Å². The van der Waals surface area contributed by atoms with E-state index in [4.69, 9.17) is 0 Å². The second-order valence-corrected chi connectivity index (χ2v) is 7.25. The smallest absolute Gasteiger partial charge is 0.248 e. The third kappa shape index (κ3) is 2.68. The number of aromatic nitrogens is 1. The van der Waals surface area contributed by atoms with Gasteiger partial charge in [0.2, 0.25) is 5.91 Å². The Morgan fingerprint density at radius 3 is 3.08 bits per heavy atom. The highest BCUT2D eigenvalue weighted by Gasteiger charge is 2.37. The van der Waals surface area contributed by atoms with Crippen molar-refractivity contribution in [2.24, 2.45) is 0 Å². The lowest BCUT2D eigenvalue weighted by molar-refractivity contribution is -0.119. The van der Waals surface area contributed by atoms with Gasteiger partial charge in [0.05, 0.1) is 12.6 Å². The number of aliphatic hydroxyl groups excluding tert-OH is 1. The van der Waals surface area contributed by atoms with Gasteiger partial charge in [-0.15, -0.1) is 0 Å². The minimum atomic E-state index is -0.178. The van der Waals surface area contributed by atoms with Gasteiger partial charge in [0, 0.05) is 41.2 Å². The van der Waals surface area contributed by atoms with Crippen LogP contribution in [0.3, 0.4) is 0 Å². The minimum absolute atomic E-state index is 0.0244. The molecule has 3 unspecified atom stereocenters. The zero-order valence-electron chi connectivity index (χ0n) is 14.7. The first kappa shape index (κ1) is 16.4. The number of H-pyrrole nitrogens is 1. The Kier molecular flexibility index (Phi) is 4.13. The molecule has 0 radical (unpaired) electrons. The Bertz CT molecular complexity index is 835. The monoisotopic (exact) mass is 339 g/mol. The molecule has 1 aliphatic carbocycles. The van der Waals surface area contributed by atoms with E-state index < -0.39 is 0 Å². The molecule has 3 atom stereocenters. The number of likely N-dealkylation sites (N-methyl/N-ethyl adjacent to an activating group) is 1. The van der Waals surface area contributed by atoms with Crippen molar-refractivity contribution in [1.29, 1.82) is 0 Å². The van der Waals surface area contributed by atoms with Crippen molar-refractivity contribution < 1.29 is 9.90 Å². The SMILES string of the molecule is CCC(CO)NC(=O)C1=CC2c3cccc4[nH]cc(c34)CC2N(C)C1. The van der Waals surface area contributed by atoms with E-state index in [1.54, 1.807) is 0 Å². The van der Waals surface area contributed by atoms with Crippen LogP contribution >= 0.6 is 0 Å². The molecule has 1 amide bonds. The number of amides is 1. The van der Waals surface area contributed by atoms with Gasteiger partial charge in [0.25, 0.3) is 0 Å². The summed E-state index contributed by atoms with van der Waals surface area (Å²) >= 11 is 0. The first-order valence-electron chi connectivity index (χ1n) is 9.04. The average molecular weight is 339 g/mol. The molecule has 2 aliphatic rings. The molecule has 4 rings (SSSR count). The van der Waals surface area contributed by atoms with E-state index in [0.717, 1.165) is 18.4 Å². The molecule has 0 saturated heterocycles. The lowest BCUT2D eigenvalue weighted by Gasteiger charge is -2.41. The van der Waals surface area contributed by atoms with E-state index in [-0.39, 0.29) is 24.5 Å². The first-order chi connectivity index (χ1) is 12.1. The number of aromatic amines is 1. The summed E-state index contributed by atoms with van der Waals surface area (Å²) < 4.78 is 0. The molecule has 132 valence electrons. The molecule has 1 aliphatic heterocycles. The third-order valence-corrected chi connectivity index (χ3v) is 5.73. The summed E-state index contributed by atoms with van der Waals surface area (Å²) in [6.07, 6.45) is 5.99. The predicted octanol–water partition coefficient (Wildman–Crippen LogP) is 1.94. The maximum absolute atomic E-state index is 12.7. The van der Waals surface area contributed by atoms with Gasteiger partial charge in [-0.05, 0) is 37.1 Å². The van der Waals surface area contributed by atoms with Gasteiger partial charge in [-0.2, -0.15) is 0 Å². The zero-order chi connectivity index (χ0) is 17.6. The van der Waals surface area contributed by atoms with Gasteiger partial charge in [0.15, 0.2) is 0 Å². The Hall–Kier alpha value is -2.11. The summed E-state index contributed by atoms with van der Waals surface area (Å²) in [7, 11) is 2.10. The van der Waals surface area contributed by atoms with E-state index in [0.29, 0.717) is 12.6 Å². The van der Waals surface area contributed by atoms with Crippen molar-refractivity contribution >= 4 is 16.8 Å². The highest BCUT2D eigenvalue weighted by Crippen LogP contribution is 2.41. The van der Waals surface area contributed by atoms with E-state index >= 15 is 0 Å². The average Bonchev–Trinajstić information content (AvgIpc) is 3.04. The van der Waals surface area contributed by atoms with Gasteiger partial charge >= 0.3 is 0 Å². The molecular weight excluding hydrogens is 314 g/mol. The van der Waals surface area contributed by atoms with Crippen molar-refractivity contribution in [2.75, 3.05) is 20.2 Å². The summed E-state index contributed by atoms with van der Waals surface area (Å²) in [5.74, 6) is 0.166. The molecule has 2 aromatic rings. The lowest BCUT2D eigenvalue weighted by Crippen LogP contribution is -2.47. The van der Waals surface area contributed by atoms with E-state index in [2.05, 4.69) is 52.7 Å². The maximum atomic E-state index is 12.7. The van der Waals surface area contributed by atoms with Crippen LogP contribution in [0.5, 0.6) is 0 Å². The number of nitrogens with zero attached hydrogens (tertiary/aromatic N) is 1. The first-order valence-corrected chi connectivity index (χ1v) is 9.04. The maximum Gasteiger partial charge on any atom is 0.248 e. The third-order valence-electron chi connectivity index (χ3n) is 5.73. The van der Waals surface area contributed by atoms with Crippen molar-refractivity contribution in [3.8, 4) is 0 Å². The molecule has 1 aromatic carbocycles. The predicted molar refractivity (Wildman–Crippen MR) is 98.6 cm³/mol. The van der Waals surface area contributed by atoms with Gasteiger partial charge < -0.3 is 15.4 Å². The number of hydrogen-bond donors (Lipinski definition) is 3. The minimum Gasteiger partial charge on any atom is -0.394 e. The number of nitrogens with one attached hydrogen (secondary N) is 2. The van der Waals surface area contributed by atoms with E-state index in [9.17, 15) is 9.90 Å².